The molecule has 0 aromatic heterocycles. The van der Waals surface area contributed by atoms with Crippen molar-refractivity contribution in [3.05, 3.63) is 45.7 Å². The van der Waals surface area contributed by atoms with Crippen LogP contribution in [0.4, 0.5) is 4.39 Å². The summed E-state index contributed by atoms with van der Waals surface area (Å²) < 4.78 is 13.4. The van der Waals surface area contributed by atoms with Crippen molar-refractivity contribution in [3.63, 3.8) is 0 Å². The van der Waals surface area contributed by atoms with Gasteiger partial charge in [-0.15, -0.1) is 0 Å². The summed E-state index contributed by atoms with van der Waals surface area (Å²) in [7, 11) is 0. The van der Waals surface area contributed by atoms with E-state index in [-0.39, 0.29) is 10.8 Å². The maximum atomic E-state index is 13.4. The molecule has 3 heteroatoms. The molecule has 0 saturated heterocycles. The summed E-state index contributed by atoms with van der Waals surface area (Å²) in [6.07, 6.45) is 4.10. The molecule has 0 radical (unpaired) electrons. The van der Waals surface area contributed by atoms with Gasteiger partial charge in [0.2, 0.25) is 0 Å². The second kappa shape index (κ2) is 3.70. The first-order chi connectivity index (χ1) is 7.75. The average molecular weight is 236 g/mol. The first-order valence-corrected chi connectivity index (χ1v) is 5.80. The number of benzene rings is 1. The number of hydrogen-bond donors (Lipinski definition) is 0. The number of aliphatic imine (C=N–C) groups is 1. The van der Waals surface area contributed by atoms with Crippen LogP contribution in [0.1, 0.15) is 24.3 Å². The lowest BCUT2D eigenvalue weighted by atomic mass is 9.93. The van der Waals surface area contributed by atoms with Gasteiger partial charge in [0.25, 0.3) is 0 Å². The maximum Gasteiger partial charge on any atom is 0.142 e. The van der Waals surface area contributed by atoms with Crippen molar-refractivity contribution in [3.8, 4) is 0 Å². The largest absolute Gasteiger partial charge is 0.288 e. The van der Waals surface area contributed by atoms with E-state index < -0.39 is 0 Å². The molecule has 16 heavy (non-hydrogen) atoms. The lowest BCUT2D eigenvalue weighted by Crippen LogP contribution is -1.99. The molecule has 1 aromatic carbocycles. The van der Waals surface area contributed by atoms with Crippen LogP contribution in [0.25, 0.3) is 0 Å². The SMILES string of the molecule is Fc1cc(C2CCC3=C2C=NC3)ccc1Cl. The molecule has 0 fully saturated rings. The second-order valence-corrected chi connectivity index (χ2v) is 4.70. The molecule has 1 unspecified atom stereocenters. The van der Waals surface area contributed by atoms with Crippen molar-refractivity contribution in [2.75, 3.05) is 6.54 Å². The minimum Gasteiger partial charge on any atom is -0.288 e. The highest BCUT2D eigenvalue weighted by atomic mass is 35.5. The molecule has 82 valence electrons. The zero-order chi connectivity index (χ0) is 11.1. The Labute approximate surface area is 98.6 Å². The Hall–Kier alpha value is -1.15. The van der Waals surface area contributed by atoms with Gasteiger partial charge in [0.05, 0.1) is 11.6 Å². The lowest BCUT2D eigenvalue weighted by molar-refractivity contribution is 0.623. The van der Waals surface area contributed by atoms with Crippen molar-refractivity contribution in [1.29, 1.82) is 0 Å². The fourth-order valence-electron chi connectivity index (χ4n) is 2.55. The summed E-state index contributed by atoms with van der Waals surface area (Å²) >= 11 is 5.69. The molecule has 2 aliphatic rings. The summed E-state index contributed by atoms with van der Waals surface area (Å²) in [6, 6.07) is 5.10. The smallest absolute Gasteiger partial charge is 0.142 e. The van der Waals surface area contributed by atoms with Gasteiger partial charge >= 0.3 is 0 Å². The number of hydrogen-bond acceptors (Lipinski definition) is 1. The van der Waals surface area contributed by atoms with Crippen LogP contribution >= 0.6 is 11.6 Å². The van der Waals surface area contributed by atoms with E-state index in [1.807, 2.05) is 12.3 Å². The van der Waals surface area contributed by atoms with Gasteiger partial charge in [-0.3, -0.25) is 4.99 Å². The van der Waals surface area contributed by atoms with Crippen molar-refractivity contribution in [2.24, 2.45) is 4.99 Å². The fourth-order valence-corrected chi connectivity index (χ4v) is 2.66. The first kappa shape index (κ1) is 10.0. The molecule has 0 bridgehead atoms. The Morgan fingerprint density at radius 3 is 3.06 bits per heavy atom. The van der Waals surface area contributed by atoms with Crippen molar-refractivity contribution < 1.29 is 4.39 Å². The lowest BCUT2D eigenvalue weighted by Gasteiger charge is -2.12. The number of halogens is 2. The molecule has 3 rings (SSSR count). The van der Waals surface area contributed by atoms with Gasteiger partial charge in [-0.1, -0.05) is 17.7 Å². The van der Waals surface area contributed by atoms with Crippen molar-refractivity contribution in [2.45, 2.75) is 18.8 Å². The van der Waals surface area contributed by atoms with Crippen LogP contribution in [0.15, 0.2) is 34.3 Å². The molecule has 1 aromatic rings. The summed E-state index contributed by atoms with van der Waals surface area (Å²) in [4.78, 5) is 4.26. The zero-order valence-electron chi connectivity index (χ0n) is 8.71. The van der Waals surface area contributed by atoms with E-state index in [0.717, 1.165) is 24.9 Å². The monoisotopic (exact) mass is 235 g/mol. The molecule has 1 aliphatic heterocycles. The molecular weight excluding hydrogens is 225 g/mol. The normalized spacial score (nSPS) is 23.0. The Bertz CT molecular complexity index is 505. The van der Waals surface area contributed by atoms with E-state index in [1.54, 1.807) is 12.1 Å². The van der Waals surface area contributed by atoms with E-state index in [0.29, 0.717) is 5.92 Å². The van der Waals surface area contributed by atoms with Gasteiger partial charge in [0, 0.05) is 12.1 Å². The fraction of sp³-hybridized carbons (Fsp3) is 0.308. The molecule has 1 heterocycles. The predicted molar refractivity (Wildman–Crippen MR) is 63.8 cm³/mol. The Balaban J connectivity index is 1.99. The van der Waals surface area contributed by atoms with Crippen LogP contribution in [-0.2, 0) is 0 Å². The summed E-state index contributed by atoms with van der Waals surface area (Å²) in [5.41, 5.74) is 3.72. The third kappa shape index (κ3) is 1.49. The highest BCUT2D eigenvalue weighted by Crippen LogP contribution is 2.41. The van der Waals surface area contributed by atoms with Crippen LogP contribution in [0.2, 0.25) is 5.02 Å². The zero-order valence-corrected chi connectivity index (χ0v) is 9.47. The molecule has 1 aliphatic carbocycles. The van der Waals surface area contributed by atoms with Gasteiger partial charge in [0.1, 0.15) is 5.82 Å². The molecule has 0 amide bonds. The number of allylic oxidation sites excluding steroid dienone is 1. The van der Waals surface area contributed by atoms with E-state index in [1.165, 1.54) is 11.1 Å². The van der Waals surface area contributed by atoms with Gasteiger partial charge in [-0.2, -0.15) is 0 Å². The summed E-state index contributed by atoms with van der Waals surface area (Å²) in [5.74, 6) is -0.0174. The quantitative estimate of drug-likeness (QED) is 0.703. The van der Waals surface area contributed by atoms with Gasteiger partial charge in [0.15, 0.2) is 0 Å². The molecule has 1 atom stereocenters. The summed E-state index contributed by atoms with van der Waals surface area (Å²) in [6.45, 7) is 0.835. The molecule has 1 nitrogen and oxygen atoms in total. The highest BCUT2D eigenvalue weighted by Gasteiger charge is 2.28. The Morgan fingerprint density at radius 2 is 2.25 bits per heavy atom. The maximum absolute atomic E-state index is 13.4. The first-order valence-electron chi connectivity index (χ1n) is 5.42. The Kier molecular flexibility index (Phi) is 2.32. The van der Waals surface area contributed by atoms with E-state index >= 15 is 0 Å². The van der Waals surface area contributed by atoms with Gasteiger partial charge in [-0.25, -0.2) is 4.39 Å². The standard InChI is InChI=1S/C13H11ClFN/c14-12-4-2-8(5-13(12)15)10-3-1-9-6-16-7-11(9)10/h2,4-5,7,10H,1,3,6H2. The van der Waals surface area contributed by atoms with Gasteiger partial charge < -0.3 is 0 Å². The molecular formula is C13H11ClFN. The highest BCUT2D eigenvalue weighted by molar-refractivity contribution is 6.30. The summed E-state index contributed by atoms with van der Waals surface area (Å²) in [5, 5.41) is 0.191. The topological polar surface area (TPSA) is 12.4 Å². The minimum absolute atomic E-state index is 0.191. The van der Waals surface area contributed by atoms with Crippen LogP contribution in [0, 0.1) is 5.82 Å². The van der Waals surface area contributed by atoms with Crippen molar-refractivity contribution >= 4 is 17.8 Å². The third-order valence-corrected chi connectivity index (χ3v) is 3.68. The Morgan fingerprint density at radius 1 is 1.38 bits per heavy atom. The minimum atomic E-state index is -0.330. The number of rotatable bonds is 1. The molecule has 0 N–H and O–H groups in total. The average Bonchev–Trinajstić information content (AvgIpc) is 2.83. The van der Waals surface area contributed by atoms with Crippen LogP contribution in [-0.4, -0.2) is 12.8 Å². The van der Waals surface area contributed by atoms with Crippen molar-refractivity contribution in [1.82, 2.24) is 0 Å². The van der Waals surface area contributed by atoms with E-state index in [4.69, 9.17) is 11.6 Å². The van der Waals surface area contributed by atoms with Crippen LogP contribution < -0.4 is 0 Å². The second-order valence-electron chi connectivity index (χ2n) is 4.29. The van der Waals surface area contributed by atoms with E-state index in [2.05, 4.69) is 4.99 Å². The number of nitrogens with zero attached hydrogens (tertiary/aromatic N) is 1. The molecule has 0 saturated carbocycles. The molecule has 0 spiro atoms. The van der Waals surface area contributed by atoms with Crippen LogP contribution in [0.3, 0.4) is 0 Å². The van der Waals surface area contributed by atoms with Crippen LogP contribution in [0.5, 0.6) is 0 Å². The third-order valence-electron chi connectivity index (χ3n) is 3.38. The predicted octanol–water partition coefficient (Wildman–Crippen LogP) is 3.74. The van der Waals surface area contributed by atoms with E-state index in [9.17, 15) is 4.39 Å². The van der Waals surface area contributed by atoms with Gasteiger partial charge in [-0.05, 0) is 41.7 Å².